The van der Waals surface area contributed by atoms with E-state index in [-0.39, 0.29) is 32.0 Å². The average molecular weight is 559 g/mol. The van der Waals surface area contributed by atoms with Crippen LogP contribution in [0.15, 0.2) is 53.4 Å². The highest BCUT2D eigenvalue weighted by Gasteiger charge is 2.43. The number of piperidine rings is 2. The highest BCUT2D eigenvalue weighted by molar-refractivity contribution is 7.89. The zero-order chi connectivity index (χ0) is 26.7. The molecule has 37 heavy (non-hydrogen) atoms. The number of carbonyl (C=O) groups is 1. The van der Waals surface area contributed by atoms with Gasteiger partial charge in [0.15, 0.2) is 0 Å². The number of alkyl halides is 3. The van der Waals surface area contributed by atoms with Crippen LogP contribution in [0.2, 0.25) is 5.02 Å². The SMILES string of the molecule is O=C(CC1(COc2ccc(Cl)cc2)CCCN(S(=O)(=O)c2cccc(C(F)(F)F)c2)C1)N1CCCCC1. The van der Waals surface area contributed by atoms with E-state index in [4.69, 9.17) is 16.3 Å². The third-order valence-electron chi connectivity index (χ3n) is 7.02. The van der Waals surface area contributed by atoms with E-state index < -0.39 is 32.1 Å². The lowest BCUT2D eigenvalue weighted by atomic mass is 9.78. The summed E-state index contributed by atoms with van der Waals surface area (Å²) in [4.78, 5) is 14.7. The van der Waals surface area contributed by atoms with Gasteiger partial charge in [0.05, 0.1) is 17.1 Å². The summed E-state index contributed by atoms with van der Waals surface area (Å²) >= 11 is 5.96. The number of carbonyl (C=O) groups excluding carboxylic acids is 1. The molecule has 0 aromatic heterocycles. The number of amides is 1. The summed E-state index contributed by atoms with van der Waals surface area (Å²) in [5.74, 6) is 0.477. The molecule has 0 N–H and O–H groups in total. The fourth-order valence-electron chi connectivity index (χ4n) is 5.01. The first-order valence-electron chi connectivity index (χ1n) is 12.3. The van der Waals surface area contributed by atoms with Crippen LogP contribution in [0.5, 0.6) is 5.75 Å². The number of hydrogen-bond donors (Lipinski definition) is 0. The molecular formula is C26H30ClF3N2O4S. The zero-order valence-electron chi connectivity index (χ0n) is 20.3. The van der Waals surface area contributed by atoms with Crippen molar-refractivity contribution in [2.75, 3.05) is 32.8 Å². The van der Waals surface area contributed by atoms with Gasteiger partial charge in [-0.15, -0.1) is 0 Å². The Morgan fingerprint density at radius 3 is 2.38 bits per heavy atom. The van der Waals surface area contributed by atoms with Gasteiger partial charge >= 0.3 is 6.18 Å². The molecule has 2 saturated heterocycles. The van der Waals surface area contributed by atoms with Gasteiger partial charge in [-0.1, -0.05) is 17.7 Å². The lowest BCUT2D eigenvalue weighted by molar-refractivity contribution is -0.138. The molecule has 2 heterocycles. The fraction of sp³-hybridized carbons (Fsp3) is 0.500. The smallest absolute Gasteiger partial charge is 0.416 e. The number of benzene rings is 2. The Hall–Kier alpha value is -2.30. The molecule has 6 nitrogen and oxygen atoms in total. The van der Waals surface area contributed by atoms with Gasteiger partial charge in [-0.2, -0.15) is 17.5 Å². The number of sulfonamides is 1. The first-order valence-corrected chi connectivity index (χ1v) is 14.1. The number of rotatable bonds is 7. The lowest BCUT2D eigenvalue weighted by Gasteiger charge is -2.42. The molecule has 4 rings (SSSR count). The topological polar surface area (TPSA) is 66.9 Å². The van der Waals surface area contributed by atoms with Crippen LogP contribution in [0.4, 0.5) is 13.2 Å². The zero-order valence-corrected chi connectivity index (χ0v) is 21.9. The molecule has 2 aromatic rings. The summed E-state index contributed by atoms with van der Waals surface area (Å²) in [6, 6.07) is 10.5. The fourth-order valence-corrected chi connectivity index (χ4v) is 6.77. The second kappa shape index (κ2) is 11.2. The molecule has 2 aliphatic rings. The molecule has 2 fully saturated rings. The van der Waals surface area contributed by atoms with Crippen molar-refractivity contribution in [2.24, 2.45) is 5.41 Å². The number of likely N-dealkylation sites (tertiary alicyclic amines) is 1. The van der Waals surface area contributed by atoms with E-state index in [1.54, 1.807) is 24.3 Å². The number of nitrogens with zero attached hydrogens (tertiary/aromatic N) is 2. The van der Waals surface area contributed by atoms with E-state index >= 15 is 0 Å². The van der Waals surface area contributed by atoms with Crippen molar-refractivity contribution in [3.63, 3.8) is 0 Å². The first kappa shape index (κ1) is 27.7. The highest BCUT2D eigenvalue weighted by atomic mass is 35.5. The molecule has 2 aromatic carbocycles. The maximum Gasteiger partial charge on any atom is 0.416 e. The number of halogens is 4. The quantitative estimate of drug-likeness (QED) is 0.443. The van der Waals surface area contributed by atoms with Crippen LogP contribution in [0, 0.1) is 5.41 Å². The van der Waals surface area contributed by atoms with Crippen LogP contribution in [0.25, 0.3) is 0 Å². The molecule has 0 radical (unpaired) electrons. The van der Waals surface area contributed by atoms with Gasteiger partial charge in [0.1, 0.15) is 5.75 Å². The van der Waals surface area contributed by atoms with E-state index in [1.165, 1.54) is 10.4 Å². The first-order chi connectivity index (χ1) is 17.5. The second-order valence-electron chi connectivity index (χ2n) is 9.83. The Labute approximate surface area is 220 Å². The minimum atomic E-state index is -4.66. The van der Waals surface area contributed by atoms with Crippen LogP contribution in [0.3, 0.4) is 0 Å². The van der Waals surface area contributed by atoms with Gasteiger partial charge in [0.2, 0.25) is 15.9 Å². The van der Waals surface area contributed by atoms with Crippen molar-refractivity contribution in [3.05, 3.63) is 59.1 Å². The lowest BCUT2D eigenvalue weighted by Crippen LogP contribution is -2.51. The predicted octanol–water partition coefficient (Wildman–Crippen LogP) is 5.61. The van der Waals surface area contributed by atoms with Gasteiger partial charge < -0.3 is 9.64 Å². The Morgan fingerprint density at radius 1 is 1.00 bits per heavy atom. The minimum Gasteiger partial charge on any atom is -0.493 e. The summed E-state index contributed by atoms with van der Waals surface area (Å²) < 4.78 is 73.9. The average Bonchev–Trinajstić information content (AvgIpc) is 2.88. The van der Waals surface area contributed by atoms with Crippen molar-refractivity contribution in [1.29, 1.82) is 0 Å². The summed E-state index contributed by atoms with van der Waals surface area (Å²) in [5.41, 5.74) is -1.86. The molecule has 1 atom stereocenters. The summed E-state index contributed by atoms with van der Waals surface area (Å²) in [6.07, 6.45) is -0.645. The van der Waals surface area contributed by atoms with Crippen LogP contribution in [-0.4, -0.2) is 56.3 Å². The molecule has 0 spiro atoms. The van der Waals surface area contributed by atoms with Crippen molar-refractivity contribution >= 4 is 27.5 Å². The monoisotopic (exact) mass is 558 g/mol. The van der Waals surface area contributed by atoms with E-state index in [1.807, 2.05) is 4.90 Å². The molecule has 1 unspecified atom stereocenters. The molecular weight excluding hydrogens is 529 g/mol. The van der Waals surface area contributed by atoms with Crippen molar-refractivity contribution in [3.8, 4) is 5.75 Å². The maximum absolute atomic E-state index is 13.5. The summed E-state index contributed by atoms with van der Waals surface area (Å²) in [5, 5.41) is 0.540. The molecule has 0 saturated carbocycles. The van der Waals surface area contributed by atoms with Crippen LogP contribution in [-0.2, 0) is 21.0 Å². The summed E-state index contributed by atoms with van der Waals surface area (Å²) in [6.45, 7) is 1.54. The molecule has 11 heteroatoms. The molecule has 1 amide bonds. The van der Waals surface area contributed by atoms with Gasteiger partial charge in [0.25, 0.3) is 0 Å². The molecule has 0 bridgehead atoms. The van der Waals surface area contributed by atoms with E-state index in [9.17, 15) is 26.4 Å². The Bertz CT molecular complexity index is 1200. The number of hydrogen-bond acceptors (Lipinski definition) is 4. The third-order valence-corrected chi connectivity index (χ3v) is 9.11. The molecule has 0 aliphatic carbocycles. The summed E-state index contributed by atoms with van der Waals surface area (Å²) in [7, 11) is -4.23. The van der Waals surface area contributed by atoms with Crippen LogP contribution < -0.4 is 4.74 Å². The van der Waals surface area contributed by atoms with Crippen molar-refractivity contribution < 1.29 is 31.1 Å². The Morgan fingerprint density at radius 2 is 1.70 bits per heavy atom. The van der Waals surface area contributed by atoms with Crippen LogP contribution in [0.1, 0.15) is 44.1 Å². The van der Waals surface area contributed by atoms with E-state index in [0.717, 1.165) is 31.4 Å². The van der Waals surface area contributed by atoms with E-state index in [2.05, 4.69) is 0 Å². The number of ether oxygens (including phenoxy) is 1. The largest absolute Gasteiger partial charge is 0.493 e. The van der Waals surface area contributed by atoms with Crippen LogP contribution >= 0.6 is 11.6 Å². The minimum absolute atomic E-state index is 0.0290. The molecule has 202 valence electrons. The van der Waals surface area contributed by atoms with Gasteiger partial charge in [-0.25, -0.2) is 8.42 Å². The van der Waals surface area contributed by atoms with E-state index in [0.29, 0.717) is 42.8 Å². The third kappa shape index (κ3) is 6.78. The standard InChI is InChI=1S/C26H30ClF3N2O4S/c27-21-8-10-22(11-9-21)36-19-25(17-24(33)31-13-2-1-3-14-31)12-5-15-32(18-25)37(34,35)23-7-4-6-20(16-23)26(28,29)30/h4,6-11,16H,1-3,5,12-15,17-19H2. The maximum atomic E-state index is 13.5. The van der Waals surface area contributed by atoms with Gasteiger partial charge in [0, 0.05) is 43.0 Å². The Balaban J connectivity index is 1.60. The predicted molar refractivity (Wildman–Crippen MR) is 134 cm³/mol. The normalized spacial score (nSPS) is 21.6. The molecule has 2 aliphatic heterocycles. The highest BCUT2D eigenvalue weighted by Crippen LogP contribution is 2.38. The van der Waals surface area contributed by atoms with Gasteiger partial charge in [-0.05, 0) is 74.6 Å². The Kier molecular flexibility index (Phi) is 8.40. The van der Waals surface area contributed by atoms with Crippen molar-refractivity contribution in [2.45, 2.75) is 49.6 Å². The second-order valence-corrected chi connectivity index (χ2v) is 12.2. The van der Waals surface area contributed by atoms with Gasteiger partial charge in [-0.3, -0.25) is 4.79 Å². The van der Waals surface area contributed by atoms with Crippen molar-refractivity contribution in [1.82, 2.24) is 9.21 Å².